The Morgan fingerprint density at radius 3 is 2.83 bits per heavy atom. The zero-order valence-corrected chi connectivity index (χ0v) is 11.9. The summed E-state index contributed by atoms with van der Waals surface area (Å²) in [5.74, 6) is 1.83. The van der Waals surface area contributed by atoms with Crippen LogP contribution in [-0.4, -0.2) is 18.3 Å². The number of rotatable bonds is 5. The van der Waals surface area contributed by atoms with E-state index in [0.29, 0.717) is 6.54 Å². The average molecular weight is 311 g/mol. The third-order valence-electron chi connectivity index (χ3n) is 2.79. The predicted octanol–water partition coefficient (Wildman–Crippen LogP) is 2.07. The zero-order valence-electron chi connectivity index (χ0n) is 10.3. The van der Waals surface area contributed by atoms with E-state index < -0.39 is 0 Å². The maximum absolute atomic E-state index is 8.72. The van der Waals surface area contributed by atoms with Gasteiger partial charge in [-0.15, -0.1) is 0 Å². The molecule has 96 valence electrons. The first-order chi connectivity index (χ1) is 8.70. The normalized spacial score (nSPS) is 10.8. The molecule has 0 aliphatic carbocycles. The van der Waals surface area contributed by atoms with E-state index in [0.717, 1.165) is 28.1 Å². The molecule has 0 atom stereocenters. The molecule has 2 rings (SSSR count). The zero-order chi connectivity index (χ0) is 13.0. The molecule has 0 saturated carbocycles. The smallest absolute Gasteiger partial charge is 0.158 e. The van der Waals surface area contributed by atoms with E-state index in [1.807, 2.05) is 23.5 Å². The van der Waals surface area contributed by atoms with Crippen LogP contribution < -0.4 is 5.32 Å². The summed E-state index contributed by atoms with van der Waals surface area (Å²) in [6.07, 6.45) is 0. The van der Waals surface area contributed by atoms with Gasteiger partial charge in [-0.25, -0.2) is 0 Å². The number of aryl methyl sites for hydroxylation is 1. The highest BCUT2D eigenvalue weighted by Gasteiger charge is 2.08. The molecule has 0 aliphatic rings. The van der Waals surface area contributed by atoms with E-state index >= 15 is 0 Å². The number of aliphatic hydroxyl groups excluding tert-OH is 1. The fraction of sp³-hybridized carbons (Fsp3) is 0.286. The first kappa shape index (κ1) is 13.3. The van der Waals surface area contributed by atoms with Gasteiger partial charge in [0.05, 0.1) is 13.2 Å². The van der Waals surface area contributed by atoms with Crippen LogP contribution in [0.5, 0.6) is 0 Å². The minimum absolute atomic E-state index is 0.194. The van der Waals surface area contributed by atoms with Gasteiger partial charge in [-0.2, -0.15) is 0 Å². The number of furan rings is 1. The van der Waals surface area contributed by atoms with Crippen LogP contribution >= 0.6 is 15.9 Å². The number of nitrogens with two attached hydrogens (primary N) is 1. The Labute approximate surface area is 115 Å². The van der Waals surface area contributed by atoms with Gasteiger partial charge in [-0.05, 0) is 42.8 Å². The highest BCUT2D eigenvalue weighted by atomic mass is 79.9. The Balaban J connectivity index is 2.13. The van der Waals surface area contributed by atoms with E-state index in [1.54, 1.807) is 0 Å². The molecule has 0 aliphatic heterocycles. The number of aliphatic hydroxyl groups is 1. The summed E-state index contributed by atoms with van der Waals surface area (Å²) in [4.78, 5) is 0. The standard InChI is InChI=1S/C14H16BrNO2/c1-10-8-11(15)2-4-13(10)14-5-3-12(18-14)9-16-6-7-17/h2-5,8,16-17H,6-7,9H2,1H3/p+1. The summed E-state index contributed by atoms with van der Waals surface area (Å²) in [6, 6.07) is 10.1. The van der Waals surface area contributed by atoms with Crippen LogP contribution in [0.3, 0.4) is 0 Å². The lowest BCUT2D eigenvalue weighted by Gasteiger charge is -2.03. The SMILES string of the molecule is Cc1cc(Br)ccc1-c1ccc(C[NH2+]CCO)o1. The summed E-state index contributed by atoms with van der Waals surface area (Å²) in [7, 11) is 0. The van der Waals surface area contributed by atoms with Gasteiger partial charge < -0.3 is 14.8 Å². The van der Waals surface area contributed by atoms with Crippen molar-refractivity contribution in [3.63, 3.8) is 0 Å². The minimum Gasteiger partial charge on any atom is -0.455 e. The molecule has 0 unspecified atom stereocenters. The molecule has 3 nitrogen and oxygen atoms in total. The highest BCUT2D eigenvalue weighted by molar-refractivity contribution is 9.10. The van der Waals surface area contributed by atoms with E-state index in [-0.39, 0.29) is 6.61 Å². The van der Waals surface area contributed by atoms with Crippen molar-refractivity contribution in [1.29, 1.82) is 0 Å². The van der Waals surface area contributed by atoms with Crippen molar-refractivity contribution in [2.45, 2.75) is 13.5 Å². The Morgan fingerprint density at radius 1 is 1.28 bits per heavy atom. The maximum Gasteiger partial charge on any atom is 0.158 e. The molecular formula is C14H17BrNO2+. The summed E-state index contributed by atoms with van der Waals surface area (Å²) >= 11 is 3.46. The third-order valence-corrected chi connectivity index (χ3v) is 3.29. The van der Waals surface area contributed by atoms with Gasteiger partial charge in [-0.1, -0.05) is 15.9 Å². The van der Waals surface area contributed by atoms with Crippen LogP contribution in [0.15, 0.2) is 39.2 Å². The molecule has 1 heterocycles. The Morgan fingerprint density at radius 2 is 2.11 bits per heavy atom. The highest BCUT2D eigenvalue weighted by Crippen LogP contribution is 2.27. The van der Waals surface area contributed by atoms with Crippen LogP contribution in [0, 0.1) is 6.92 Å². The van der Waals surface area contributed by atoms with E-state index in [2.05, 4.69) is 35.0 Å². The molecular weight excluding hydrogens is 294 g/mol. The van der Waals surface area contributed by atoms with E-state index in [9.17, 15) is 0 Å². The maximum atomic E-state index is 8.72. The molecule has 4 heteroatoms. The quantitative estimate of drug-likeness (QED) is 0.831. The number of hydrogen-bond acceptors (Lipinski definition) is 2. The minimum atomic E-state index is 0.194. The summed E-state index contributed by atoms with van der Waals surface area (Å²) in [5.41, 5.74) is 2.30. The van der Waals surface area contributed by atoms with E-state index in [4.69, 9.17) is 9.52 Å². The fourth-order valence-electron chi connectivity index (χ4n) is 1.87. The Kier molecular flexibility index (Phi) is 4.58. The molecule has 2 aromatic rings. The lowest BCUT2D eigenvalue weighted by molar-refractivity contribution is -0.673. The van der Waals surface area contributed by atoms with Gasteiger partial charge in [0.1, 0.15) is 12.3 Å². The summed E-state index contributed by atoms with van der Waals surface area (Å²) in [6.45, 7) is 3.73. The van der Waals surface area contributed by atoms with Crippen molar-refractivity contribution in [1.82, 2.24) is 0 Å². The van der Waals surface area contributed by atoms with Crippen LogP contribution in [0.1, 0.15) is 11.3 Å². The molecule has 3 N–H and O–H groups in total. The topological polar surface area (TPSA) is 50.0 Å². The second-order valence-corrected chi connectivity index (χ2v) is 5.15. The lowest BCUT2D eigenvalue weighted by Crippen LogP contribution is -2.83. The van der Waals surface area contributed by atoms with Crippen LogP contribution in [-0.2, 0) is 6.54 Å². The van der Waals surface area contributed by atoms with Crippen molar-refractivity contribution < 1.29 is 14.8 Å². The molecule has 0 spiro atoms. The number of hydrogen-bond donors (Lipinski definition) is 2. The van der Waals surface area contributed by atoms with Crippen molar-refractivity contribution >= 4 is 15.9 Å². The monoisotopic (exact) mass is 310 g/mol. The molecule has 1 aromatic heterocycles. The molecule has 0 saturated heterocycles. The largest absolute Gasteiger partial charge is 0.455 e. The van der Waals surface area contributed by atoms with Gasteiger partial charge >= 0.3 is 0 Å². The lowest BCUT2D eigenvalue weighted by atomic mass is 10.1. The van der Waals surface area contributed by atoms with Crippen LogP contribution in [0.2, 0.25) is 0 Å². The second kappa shape index (κ2) is 6.18. The number of halogens is 1. The van der Waals surface area contributed by atoms with Crippen molar-refractivity contribution in [3.05, 3.63) is 46.1 Å². The van der Waals surface area contributed by atoms with Crippen LogP contribution in [0.4, 0.5) is 0 Å². The number of quaternary nitrogens is 1. The summed E-state index contributed by atoms with van der Waals surface area (Å²) in [5, 5.41) is 10.7. The Hall–Kier alpha value is -1.10. The average Bonchev–Trinajstić information content (AvgIpc) is 2.78. The van der Waals surface area contributed by atoms with Crippen LogP contribution in [0.25, 0.3) is 11.3 Å². The molecule has 0 fully saturated rings. The molecule has 18 heavy (non-hydrogen) atoms. The van der Waals surface area contributed by atoms with Gasteiger partial charge in [0.2, 0.25) is 0 Å². The predicted molar refractivity (Wildman–Crippen MR) is 74.2 cm³/mol. The molecule has 0 radical (unpaired) electrons. The number of benzene rings is 1. The van der Waals surface area contributed by atoms with E-state index in [1.165, 1.54) is 5.56 Å². The fourth-order valence-corrected chi connectivity index (χ4v) is 2.35. The summed E-state index contributed by atoms with van der Waals surface area (Å²) < 4.78 is 6.88. The molecule has 0 amide bonds. The molecule has 0 bridgehead atoms. The van der Waals surface area contributed by atoms with Crippen molar-refractivity contribution in [2.75, 3.05) is 13.2 Å². The van der Waals surface area contributed by atoms with Gasteiger partial charge in [0.15, 0.2) is 5.76 Å². The second-order valence-electron chi connectivity index (χ2n) is 4.23. The van der Waals surface area contributed by atoms with Crippen molar-refractivity contribution in [2.24, 2.45) is 0 Å². The third kappa shape index (κ3) is 3.22. The molecule has 1 aromatic carbocycles. The Bertz CT molecular complexity index is 522. The van der Waals surface area contributed by atoms with Gasteiger partial charge in [-0.3, -0.25) is 0 Å². The van der Waals surface area contributed by atoms with Crippen molar-refractivity contribution in [3.8, 4) is 11.3 Å². The first-order valence-electron chi connectivity index (χ1n) is 5.98. The van der Waals surface area contributed by atoms with Gasteiger partial charge in [0, 0.05) is 10.0 Å². The van der Waals surface area contributed by atoms with Gasteiger partial charge in [0.25, 0.3) is 0 Å². The first-order valence-corrected chi connectivity index (χ1v) is 6.78.